The standard InChI is InChI=1S/C12H19N5O/c1-10-11(8-13-5-7-18-3)12(16(2)15-10)17-6-4-14-9-17/h4,6,9,13H,5,7-8H2,1-3H3. The van der Waals surface area contributed by atoms with Gasteiger partial charge in [-0.05, 0) is 6.92 Å². The van der Waals surface area contributed by atoms with E-state index in [-0.39, 0.29) is 0 Å². The van der Waals surface area contributed by atoms with Crippen molar-refractivity contribution >= 4 is 0 Å². The van der Waals surface area contributed by atoms with Crippen LogP contribution in [-0.2, 0) is 18.3 Å². The van der Waals surface area contributed by atoms with Crippen LogP contribution >= 0.6 is 0 Å². The number of aryl methyl sites for hydroxylation is 2. The van der Waals surface area contributed by atoms with Gasteiger partial charge in [0.15, 0.2) is 0 Å². The van der Waals surface area contributed by atoms with Gasteiger partial charge < -0.3 is 10.1 Å². The molecule has 0 aromatic carbocycles. The van der Waals surface area contributed by atoms with Crippen LogP contribution in [0.4, 0.5) is 0 Å². The van der Waals surface area contributed by atoms with E-state index in [1.54, 1.807) is 19.6 Å². The number of imidazole rings is 1. The van der Waals surface area contributed by atoms with Crippen LogP contribution in [0.2, 0.25) is 0 Å². The largest absolute Gasteiger partial charge is 0.383 e. The summed E-state index contributed by atoms with van der Waals surface area (Å²) in [5.74, 6) is 1.05. The fourth-order valence-electron chi connectivity index (χ4n) is 1.99. The maximum atomic E-state index is 5.02. The van der Waals surface area contributed by atoms with Crippen LogP contribution in [0.3, 0.4) is 0 Å². The fraction of sp³-hybridized carbons (Fsp3) is 0.500. The summed E-state index contributed by atoms with van der Waals surface area (Å²) in [6.07, 6.45) is 5.48. The van der Waals surface area contributed by atoms with Crippen LogP contribution in [0, 0.1) is 6.92 Å². The van der Waals surface area contributed by atoms with E-state index in [2.05, 4.69) is 15.4 Å². The Morgan fingerprint density at radius 3 is 2.94 bits per heavy atom. The maximum Gasteiger partial charge on any atom is 0.140 e. The molecule has 98 valence electrons. The van der Waals surface area contributed by atoms with Crippen molar-refractivity contribution in [1.82, 2.24) is 24.6 Å². The average Bonchev–Trinajstić information content (AvgIpc) is 2.93. The zero-order valence-electron chi connectivity index (χ0n) is 11.1. The van der Waals surface area contributed by atoms with Crippen molar-refractivity contribution in [2.75, 3.05) is 20.3 Å². The quantitative estimate of drug-likeness (QED) is 0.764. The van der Waals surface area contributed by atoms with E-state index in [1.165, 1.54) is 5.56 Å². The van der Waals surface area contributed by atoms with E-state index >= 15 is 0 Å². The Labute approximate surface area is 107 Å². The SMILES string of the molecule is COCCNCc1c(C)nn(C)c1-n1ccnc1. The van der Waals surface area contributed by atoms with Crippen molar-refractivity contribution in [3.8, 4) is 5.82 Å². The first-order chi connectivity index (χ1) is 8.74. The van der Waals surface area contributed by atoms with Crippen molar-refractivity contribution < 1.29 is 4.74 Å². The lowest BCUT2D eigenvalue weighted by Crippen LogP contribution is -2.19. The summed E-state index contributed by atoms with van der Waals surface area (Å²) in [7, 11) is 3.65. The van der Waals surface area contributed by atoms with E-state index in [0.717, 1.165) is 24.6 Å². The van der Waals surface area contributed by atoms with Gasteiger partial charge in [0, 0.05) is 45.2 Å². The molecule has 1 N–H and O–H groups in total. The fourth-order valence-corrected chi connectivity index (χ4v) is 1.99. The first kappa shape index (κ1) is 12.8. The van der Waals surface area contributed by atoms with Gasteiger partial charge in [0.25, 0.3) is 0 Å². The van der Waals surface area contributed by atoms with E-state index in [0.29, 0.717) is 6.61 Å². The van der Waals surface area contributed by atoms with Gasteiger partial charge in [-0.2, -0.15) is 5.10 Å². The van der Waals surface area contributed by atoms with Gasteiger partial charge in [-0.15, -0.1) is 0 Å². The maximum absolute atomic E-state index is 5.02. The second-order valence-electron chi connectivity index (χ2n) is 4.15. The predicted octanol–water partition coefficient (Wildman–Crippen LogP) is 0.650. The molecule has 0 aliphatic rings. The van der Waals surface area contributed by atoms with Gasteiger partial charge >= 0.3 is 0 Å². The van der Waals surface area contributed by atoms with Gasteiger partial charge in [0.2, 0.25) is 0 Å². The topological polar surface area (TPSA) is 56.9 Å². The number of hydrogen-bond acceptors (Lipinski definition) is 4. The third-order valence-electron chi connectivity index (χ3n) is 2.85. The molecule has 0 atom stereocenters. The lowest BCUT2D eigenvalue weighted by Gasteiger charge is -2.08. The molecule has 2 heterocycles. The highest BCUT2D eigenvalue weighted by Crippen LogP contribution is 2.17. The molecule has 2 aromatic rings. The van der Waals surface area contributed by atoms with Gasteiger partial charge in [-0.1, -0.05) is 0 Å². The van der Waals surface area contributed by atoms with Gasteiger partial charge in [-0.3, -0.25) is 9.25 Å². The van der Waals surface area contributed by atoms with Crippen LogP contribution in [0.5, 0.6) is 0 Å². The second kappa shape index (κ2) is 5.79. The van der Waals surface area contributed by atoms with Crippen molar-refractivity contribution in [3.05, 3.63) is 30.0 Å². The van der Waals surface area contributed by atoms with Crippen LogP contribution < -0.4 is 5.32 Å². The summed E-state index contributed by atoms with van der Waals surface area (Å²) >= 11 is 0. The zero-order valence-corrected chi connectivity index (χ0v) is 11.1. The summed E-state index contributed by atoms with van der Waals surface area (Å²) < 4.78 is 8.88. The Morgan fingerprint density at radius 2 is 2.28 bits per heavy atom. The molecule has 0 unspecified atom stereocenters. The van der Waals surface area contributed by atoms with Crippen LogP contribution in [0.1, 0.15) is 11.3 Å². The molecule has 0 spiro atoms. The average molecular weight is 249 g/mol. The van der Waals surface area contributed by atoms with E-state index in [9.17, 15) is 0 Å². The predicted molar refractivity (Wildman–Crippen MR) is 68.6 cm³/mol. The molecular formula is C12H19N5O. The smallest absolute Gasteiger partial charge is 0.140 e. The van der Waals surface area contributed by atoms with Crippen molar-refractivity contribution in [3.63, 3.8) is 0 Å². The first-order valence-corrected chi connectivity index (χ1v) is 5.94. The van der Waals surface area contributed by atoms with Crippen molar-refractivity contribution in [1.29, 1.82) is 0 Å². The molecule has 0 bridgehead atoms. The molecule has 0 radical (unpaired) electrons. The Hall–Kier alpha value is -1.66. The van der Waals surface area contributed by atoms with Crippen molar-refractivity contribution in [2.45, 2.75) is 13.5 Å². The number of methoxy groups -OCH3 is 1. The molecule has 18 heavy (non-hydrogen) atoms. The van der Waals surface area contributed by atoms with Crippen molar-refractivity contribution in [2.24, 2.45) is 7.05 Å². The monoisotopic (exact) mass is 249 g/mol. The molecule has 6 heteroatoms. The molecule has 0 aliphatic carbocycles. The van der Waals surface area contributed by atoms with Crippen LogP contribution in [0.25, 0.3) is 5.82 Å². The number of aromatic nitrogens is 4. The Kier molecular flexibility index (Phi) is 4.11. The third kappa shape index (κ3) is 2.60. The Morgan fingerprint density at radius 1 is 1.44 bits per heavy atom. The highest BCUT2D eigenvalue weighted by molar-refractivity contribution is 5.37. The van der Waals surface area contributed by atoms with E-state index in [4.69, 9.17) is 4.74 Å². The lowest BCUT2D eigenvalue weighted by atomic mass is 10.2. The third-order valence-corrected chi connectivity index (χ3v) is 2.85. The van der Waals surface area contributed by atoms with Gasteiger partial charge in [0.05, 0.1) is 12.3 Å². The highest BCUT2D eigenvalue weighted by Gasteiger charge is 2.13. The number of rotatable bonds is 6. The number of nitrogens with zero attached hydrogens (tertiary/aromatic N) is 4. The molecule has 2 aromatic heterocycles. The van der Waals surface area contributed by atoms with Gasteiger partial charge in [0.1, 0.15) is 12.1 Å². The first-order valence-electron chi connectivity index (χ1n) is 5.94. The van der Waals surface area contributed by atoms with Crippen LogP contribution in [-0.4, -0.2) is 39.6 Å². The zero-order chi connectivity index (χ0) is 13.0. The molecular weight excluding hydrogens is 230 g/mol. The number of hydrogen-bond donors (Lipinski definition) is 1. The van der Waals surface area contributed by atoms with Gasteiger partial charge in [-0.25, -0.2) is 4.98 Å². The van der Waals surface area contributed by atoms with Crippen LogP contribution in [0.15, 0.2) is 18.7 Å². The molecule has 2 rings (SSSR count). The number of ether oxygens (including phenoxy) is 1. The molecule has 0 saturated heterocycles. The molecule has 0 saturated carbocycles. The number of nitrogens with one attached hydrogen (secondary N) is 1. The Balaban J connectivity index is 2.18. The Bertz CT molecular complexity index is 489. The normalized spacial score (nSPS) is 11.1. The molecule has 0 aliphatic heterocycles. The summed E-state index contributed by atoms with van der Waals surface area (Å²) in [6, 6.07) is 0. The minimum Gasteiger partial charge on any atom is -0.383 e. The summed E-state index contributed by atoms with van der Waals surface area (Å²) in [5, 5.41) is 7.81. The lowest BCUT2D eigenvalue weighted by molar-refractivity contribution is 0.199. The second-order valence-corrected chi connectivity index (χ2v) is 4.15. The summed E-state index contributed by atoms with van der Waals surface area (Å²) in [6.45, 7) is 4.33. The minimum absolute atomic E-state index is 0.708. The highest BCUT2D eigenvalue weighted by atomic mass is 16.5. The molecule has 0 fully saturated rings. The molecule has 6 nitrogen and oxygen atoms in total. The van der Waals surface area contributed by atoms with E-state index < -0.39 is 0 Å². The molecule has 0 amide bonds. The minimum atomic E-state index is 0.708. The summed E-state index contributed by atoms with van der Waals surface area (Å²) in [4.78, 5) is 4.08. The summed E-state index contributed by atoms with van der Waals surface area (Å²) in [5.41, 5.74) is 2.22. The van der Waals surface area contributed by atoms with E-state index in [1.807, 2.05) is 29.4 Å².